The van der Waals surface area contributed by atoms with Gasteiger partial charge in [-0.25, -0.2) is 4.79 Å². The van der Waals surface area contributed by atoms with E-state index in [1.807, 2.05) is 26.8 Å². The highest BCUT2D eigenvalue weighted by Crippen LogP contribution is 2.12. The van der Waals surface area contributed by atoms with E-state index in [-0.39, 0.29) is 17.3 Å². The van der Waals surface area contributed by atoms with Gasteiger partial charge in [-0.05, 0) is 39.8 Å². The lowest BCUT2D eigenvalue weighted by Crippen LogP contribution is -2.46. The monoisotopic (exact) mass is 353 g/mol. The van der Waals surface area contributed by atoms with Gasteiger partial charge < -0.3 is 10.1 Å². The van der Waals surface area contributed by atoms with Crippen LogP contribution in [0.4, 0.5) is 0 Å². The highest BCUT2D eigenvalue weighted by atomic mass is 16.5. The van der Waals surface area contributed by atoms with Crippen molar-refractivity contribution in [2.24, 2.45) is 0 Å². The maximum Gasteiger partial charge on any atom is 0.338 e. The van der Waals surface area contributed by atoms with Gasteiger partial charge in [0.2, 0.25) is 0 Å². The Morgan fingerprint density at radius 3 is 1.88 bits per heavy atom. The SMILES string of the molecule is C[C@@H](OC(=O)c1ccc(C(=O)c2ccccc2)cc1)C(=O)NC(C)(C)C. The Kier molecular flexibility index (Phi) is 5.93. The highest BCUT2D eigenvalue weighted by Gasteiger charge is 2.23. The summed E-state index contributed by atoms with van der Waals surface area (Å²) in [5, 5.41) is 2.76. The summed E-state index contributed by atoms with van der Waals surface area (Å²) in [6.45, 7) is 7.07. The number of nitrogens with one attached hydrogen (secondary N) is 1. The fourth-order valence-electron chi connectivity index (χ4n) is 2.27. The van der Waals surface area contributed by atoms with Gasteiger partial charge in [-0.15, -0.1) is 0 Å². The number of benzene rings is 2. The zero-order valence-electron chi connectivity index (χ0n) is 15.4. The van der Waals surface area contributed by atoms with E-state index in [2.05, 4.69) is 5.32 Å². The molecule has 0 radical (unpaired) electrons. The van der Waals surface area contributed by atoms with Crippen LogP contribution < -0.4 is 5.32 Å². The first-order valence-electron chi connectivity index (χ1n) is 8.40. The van der Waals surface area contributed by atoms with Crippen LogP contribution in [-0.2, 0) is 9.53 Å². The fraction of sp³-hybridized carbons (Fsp3) is 0.286. The van der Waals surface area contributed by atoms with E-state index in [1.54, 1.807) is 36.4 Å². The molecule has 5 heteroatoms. The van der Waals surface area contributed by atoms with Crippen molar-refractivity contribution in [3.63, 3.8) is 0 Å². The largest absolute Gasteiger partial charge is 0.449 e. The Balaban J connectivity index is 2.02. The molecule has 1 N–H and O–H groups in total. The molecule has 1 amide bonds. The zero-order valence-corrected chi connectivity index (χ0v) is 15.4. The van der Waals surface area contributed by atoms with Gasteiger partial charge >= 0.3 is 5.97 Å². The van der Waals surface area contributed by atoms with E-state index >= 15 is 0 Å². The Morgan fingerprint density at radius 2 is 1.35 bits per heavy atom. The third-order valence-electron chi connectivity index (χ3n) is 3.57. The van der Waals surface area contributed by atoms with Crippen LogP contribution in [0, 0.1) is 0 Å². The van der Waals surface area contributed by atoms with Crippen LogP contribution in [0.3, 0.4) is 0 Å². The Morgan fingerprint density at radius 1 is 0.846 bits per heavy atom. The number of rotatable bonds is 5. The molecule has 26 heavy (non-hydrogen) atoms. The minimum absolute atomic E-state index is 0.122. The van der Waals surface area contributed by atoms with Crippen LogP contribution >= 0.6 is 0 Å². The van der Waals surface area contributed by atoms with E-state index < -0.39 is 17.6 Å². The lowest BCUT2D eigenvalue weighted by molar-refractivity contribution is -0.130. The van der Waals surface area contributed by atoms with Crippen molar-refractivity contribution in [3.05, 3.63) is 71.3 Å². The second kappa shape index (κ2) is 7.95. The van der Waals surface area contributed by atoms with E-state index in [9.17, 15) is 14.4 Å². The van der Waals surface area contributed by atoms with Crippen LogP contribution in [0.15, 0.2) is 54.6 Å². The van der Waals surface area contributed by atoms with Crippen molar-refractivity contribution >= 4 is 17.7 Å². The summed E-state index contributed by atoms with van der Waals surface area (Å²) in [7, 11) is 0. The van der Waals surface area contributed by atoms with Gasteiger partial charge in [0.15, 0.2) is 11.9 Å². The van der Waals surface area contributed by atoms with E-state index in [4.69, 9.17) is 4.74 Å². The van der Waals surface area contributed by atoms with Crippen LogP contribution in [0.25, 0.3) is 0 Å². The maximum atomic E-state index is 12.4. The van der Waals surface area contributed by atoms with Gasteiger partial charge in [0, 0.05) is 16.7 Å². The topological polar surface area (TPSA) is 72.5 Å². The minimum atomic E-state index is -0.910. The van der Waals surface area contributed by atoms with Crippen molar-refractivity contribution in [1.82, 2.24) is 5.32 Å². The molecule has 0 heterocycles. The average Bonchev–Trinajstić information content (AvgIpc) is 2.60. The van der Waals surface area contributed by atoms with Crippen molar-refractivity contribution < 1.29 is 19.1 Å². The summed E-state index contributed by atoms with van der Waals surface area (Å²) >= 11 is 0. The molecular weight excluding hydrogens is 330 g/mol. The predicted molar refractivity (Wildman–Crippen MR) is 99.1 cm³/mol. The number of ketones is 1. The smallest absolute Gasteiger partial charge is 0.338 e. The lowest BCUT2D eigenvalue weighted by Gasteiger charge is -2.23. The molecule has 0 bridgehead atoms. The quantitative estimate of drug-likeness (QED) is 0.661. The fourth-order valence-corrected chi connectivity index (χ4v) is 2.27. The first-order valence-corrected chi connectivity index (χ1v) is 8.40. The molecule has 0 saturated heterocycles. The van der Waals surface area contributed by atoms with Gasteiger partial charge in [-0.1, -0.05) is 42.5 Å². The number of amides is 1. The zero-order chi connectivity index (χ0) is 19.3. The molecule has 0 unspecified atom stereocenters. The molecule has 0 saturated carbocycles. The number of hydrogen-bond donors (Lipinski definition) is 1. The number of carbonyl (C=O) groups excluding carboxylic acids is 3. The molecule has 2 rings (SSSR count). The van der Waals surface area contributed by atoms with E-state index in [1.165, 1.54) is 19.1 Å². The standard InChI is InChI=1S/C21H23NO4/c1-14(19(24)22-21(2,3)4)26-20(25)17-12-10-16(11-13-17)18(23)15-8-6-5-7-9-15/h5-14H,1-4H3,(H,22,24)/t14-/m1/s1. The predicted octanol–water partition coefficient (Wildman–Crippen LogP) is 3.38. The highest BCUT2D eigenvalue weighted by molar-refractivity contribution is 6.09. The molecule has 136 valence electrons. The number of ether oxygens (including phenoxy) is 1. The Bertz CT molecular complexity index is 789. The van der Waals surface area contributed by atoms with Crippen molar-refractivity contribution in [2.45, 2.75) is 39.3 Å². The van der Waals surface area contributed by atoms with Gasteiger partial charge in [0.05, 0.1) is 5.56 Å². The van der Waals surface area contributed by atoms with E-state index in [0.29, 0.717) is 11.1 Å². The molecular formula is C21H23NO4. The van der Waals surface area contributed by atoms with Crippen LogP contribution in [0.5, 0.6) is 0 Å². The number of hydrogen-bond acceptors (Lipinski definition) is 4. The van der Waals surface area contributed by atoms with Crippen LogP contribution in [0.2, 0.25) is 0 Å². The summed E-state index contributed by atoms with van der Waals surface area (Å²) in [6, 6.07) is 15.1. The van der Waals surface area contributed by atoms with Crippen LogP contribution in [0.1, 0.15) is 54.0 Å². The third-order valence-corrected chi connectivity index (χ3v) is 3.57. The number of carbonyl (C=O) groups is 3. The van der Waals surface area contributed by atoms with Gasteiger partial charge in [0.1, 0.15) is 0 Å². The molecule has 0 aliphatic heterocycles. The van der Waals surface area contributed by atoms with E-state index in [0.717, 1.165) is 0 Å². The molecule has 1 atom stereocenters. The first kappa shape index (κ1) is 19.4. The maximum absolute atomic E-state index is 12.4. The summed E-state index contributed by atoms with van der Waals surface area (Å²) in [4.78, 5) is 36.5. The lowest BCUT2D eigenvalue weighted by atomic mass is 10.0. The summed E-state index contributed by atoms with van der Waals surface area (Å²) in [5.41, 5.74) is 0.934. The van der Waals surface area contributed by atoms with Crippen molar-refractivity contribution in [2.75, 3.05) is 0 Å². The second-order valence-corrected chi connectivity index (χ2v) is 7.06. The van der Waals surface area contributed by atoms with Gasteiger partial charge in [-0.3, -0.25) is 9.59 Å². The molecule has 5 nitrogen and oxygen atoms in total. The molecule has 0 spiro atoms. The van der Waals surface area contributed by atoms with Crippen molar-refractivity contribution in [1.29, 1.82) is 0 Å². The second-order valence-electron chi connectivity index (χ2n) is 7.06. The average molecular weight is 353 g/mol. The molecule has 0 aromatic heterocycles. The molecule has 0 fully saturated rings. The van der Waals surface area contributed by atoms with Crippen LogP contribution in [-0.4, -0.2) is 29.3 Å². The molecule has 0 aliphatic carbocycles. The van der Waals surface area contributed by atoms with Gasteiger partial charge in [0.25, 0.3) is 5.91 Å². The minimum Gasteiger partial charge on any atom is -0.449 e. The summed E-state index contributed by atoms with van der Waals surface area (Å²) in [6.07, 6.45) is -0.910. The first-order chi connectivity index (χ1) is 12.2. The molecule has 2 aromatic carbocycles. The normalized spacial score (nSPS) is 12.2. The van der Waals surface area contributed by atoms with Crippen molar-refractivity contribution in [3.8, 4) is 0 Å². The Labute approximate surface area is 153 Å². The molecule has 2 aromatic rings. The Hall–Kier alpha value is -2.95. The summed E-state index contributed by atoms with van der Waals surface area (Å²) in [5.74, 6) is -1.09. The summed E-state index contributed by atoms with van der Waals surface area (Å²) < 4.78 is 5.19. The molecule has 0 aliphatic rings. The number of esters is 1. The van der Waals surface area contributed by atoms with Gasteiger partial charge in [-0.2, -0.15) is 0 Å². The third kappa shape index (κ3) is 5.28.